The number of nitrogens with one attached hydrogen (secondary N) is 1. The molecule has 0 bridgehead atoms. The molecule has 0 radical (unpaired) electrons. The predicted molar refractivity (Wildman–Crippen MR) is 119 cm³/mol. The van der Waals surface area contributed by atoms with E-state index in [0.29, 0.717) is 13.0 Å². The molecule has 0 aliphatic rings. The van der Waals surface area contributed by atoms with Crippen molar-refractivity contribution in [1.29, 1.82) is 0 Å². The number of aromatic nitrogens is 2. The van der Waals surface area contributed by atoms with Crippen LogP contribution in [-0.2, 0) is 11.2 Å². The molecular weight excluding hydrogens is 379 g/mol. The predicted octanol–water partition coefficient (Wildman–Crippen LogP) is 4.20. The quantitative estimate of drug-likeness (QED) is 0.540. The lowest BCUT2D eigenvalue weighted by Gasteiger charge is -2.19. The summed E-state index contributed by atoms with van der Waals surface area (Å²) in [5.41, 5.74) is 4.62. The van der Waals surface area contributed by atoms with Crippen LogP contribution in [0.5, 0.6) is 0 Å². The number of para-hydroxylation sites is 1. The van der Waals surface area contributed by atoms with Crippen LogP contribution in [0.2, 0.25) is 0 Å². The van der Waals surface area contributed by atoms with Gasteiger partial charge in [-0.25, -0.2) is 9.07 Å². The van der Waals surface area contributed by atoms with Crippen LogP contribution in [0.1, 0.15) is 29.8 Å². The molecule has 0 unspecified atom stereocenters. The highest BCUT2D eigenvalue weighted by Gasteiger charge is 2.16. The molecule has 1 heterocycles. The molecule has 1 N–H and O–H groups in total. The Morgan fingerprint density at radius 2 is 1.77 bits per heavy atom. The highest BCUT2D eigenvalue weighted by molar-refractivity contribution is 5.79. The van der Waals surface area contributed by atoms with Crippen molar-refractivity contribution in [3.63, 3.8) is 0 Å². The number of aryl methyl sites for hydroxylation is 1. The minimum absolute atomic E-state index is 0.00345. The molecule has 5 nitrogen and oxygen atoms in total. The molecule has 6 heteroatoms. The summed E-state index contributed by atoms with van der Waals surface area (Å²) in [4.78, 5) is 14.6. The molecule has 0 aliphatic carbocycles. The summed E-state index contributed by atoms with van der Waals surface area (Å²) in [5.74, 6) is -0.286. The number of nitrogens with zero attached hydrogens (tertiary/aromatic N) is 3. The van der Waals surface area contributed by atoms with Crippen molar-refractivity contribution in [2.24, 2.45) is 0 Å². The normalized spacial score (nSPS) is 10.8. The number of rotatable bonds is 9. The second kappa shape index (κ2) is 10.1. The summed E-state index contributed by atoms with van der Waals surface area (Å²) in [6.45, 7) is 5.44. The number of anilines is 1. The van der Waals surface area contributed by atoms with Crippen molar-refractivity contribution in [3.05, 3.63) is 77.4 Å². The molecule has 1 amide bonds. The summed E-state index contributed by atoms with van der Waals surface area (Å²) in [5, 5.41) is 7.54. The van der Waals surface area contributed by atoms with Crippen LogP contribution in [0.3, 0.4) is 0 Å². The lowest BCUT2D eigenvalue weighted by Crippen LogP contribution is -2.27. The second-order valence-electron chi connectivity index (χ2n) is 7.53. The molecule has 3 rings (SSSR count). The van der Waals surface area contributed by atoms with Gasteiger partial charge in [0.05, 0.1) is 17.8 Å². The Hall–Kier alpha value is -3.15. The highest BCUT2D eigenvalue weighted by Crippen LogP contribution is 2.19. The van der Waals surface area contributed by atoms with Gasteiger partial charge in [-0.1, -0.05) is 18.2 Å². The van der Waals surface area contributed by atoms with Gasteiger partial charge in [0.2, 0.25) is 5.91 Å². The molecule has 0 saturated heterocycles. The molecule has 0 aliphatic heterocycles. The Labute approximate surface area is 177 Å². The molecule has 2 aromatic carbocycles. The maximum absolute atomic E-state index is 13.2. The maximum atomic E-state index is 13.2. The van der Waals surface area contributed by atoms with E-state index in [1.165, 1.54) is 17.8 Å². The molecular formula is C24H29FN4O. The average molecular weight is 409 g/mol. The Morgan fingerprint density at radius 1 is 1.07 bits per heavy atom. The van der Waals surface area contributed by atoms with Gasteiger partial charge in [0.15, 0.2) is 0 Å². The van der Waals surface area contributed by atoms with Crippen molar-refractivity contribution >= 4 is 11.6 Å². The zero-order valence-electron chi connectivity index (χ0n) is 17.9. The fourth-order valence-corrected chi connectivity index (χ4v) is 3.50. The summed E-state index contributed by atoms with van der Waals surface area (Å²) >= 11 is 0. The highest BCUT2D eigenvalue weighted by atomic mass is 19.1. The van der Waals surface area contributed by atoms with Gasteiger partial charge in [-0.05, 0) is 63.1 Å². The minimum atomic E-state index is -0.283. The van der Waals surface area contributed by atoms with Crippen molar-refractivity contribution in [2.75, 3.05) is 25.0 Å². The summed E-state index contributed by atoms with van der Waals surface area (Å²) in [6, 6.07) is 16.5. The Morgan fingerprint density at radius 3 is 2.47 bits per heavy atom. The molecule has 0 spiro atoms. The number of carbonyl (C=O) groups excluding carboxylic acids is 1. The van der Waals surface area contributed by atoms with Gasteiger partial charge in [0.25, 0.3) is 0 Å². The van der Waals surface area contributed by atoms with Crippen LogP contribution < -0.4 is 10.2 Å². The monoisotopic (exact) mass is 408 g/mol. The fourth-order valence-electron chi connectivity index (χ4n) is 3.50. The van der Waals surface area contributed by atoms with Gasteiger partial charge in [0, 0.05) is 37.1 Å². The minimum Gasteiger partial charge on any atom is -0.375 e. The fraction of sp³-hybridized carbons (Fsp3) is 0.333. The van der Waals surface area contributed by atoms with E-state index in [1.54, 1.807) is 16.8 Å². The molecule has 30 heavy (non-hydrogen) atoms. The number of carbonyl (C=O) groups is 1. The number of amides is 1. The standard InChI is InChI=1S/C24H29FN4O/c1-18-23(19(2)29(27-18)22-13-11-20(25)12-14-22)17-24(30)26-15-7-8-16-28(3)21-9-5-4-6-10-21/h4-6,9-14H,7-8,15-17H2,1-3H3,(H,26,30). The average Bonchev–Trinajstić information content (AvgIpc) is 3.02. The zero-order chi connectivity index (χ0) is 21.5. The lowest BCUT2D eigenvalue weighted by molar-refractivity contribution is -0.120. The van der Waals surface area contributed by atoms with Crippen molar-refractivity contribution in [3.8, 4) is 5.69 Å². The van der Waals surface area contributed by atoms with E-state index in [1.807, 2.05) is 32.0 Å². The Balaban J connectivity index is 1.46. The number of benzene rings is 2. The Kier molecular flexibility index (Phi) is 7.22. The third-order valence-corrected chi connectivity index (χ3v) is 5.29. The van der Waals surface area contributed by atoms with E-state index in [2.05, 4.69) is 34.5 Å². The van der Waals surface area contributed by atoms with Crippen LogP contribution in [0.4, 0.5) is 10.1 Å². The van der Waals surface area contributed by atoms with Crippen molar-refractivity contribution in [2.45, 2.75) is 33.1 Å². The Bertz CT molecular complexity index is 967. The second-order valence-corrected chi connectivity index (χ2v) is 7.53. The third-order valence-electron chi connectivity index (χ3n) is 5.29. The van der Waals surface area contributed by atoms with Crippen LogP contribution in [0.15, 0.2) is 54.6 Å². The van der Waals surface area contributed by atoms with E-state index >= 15 is 0 Å². The summed E-state index contributed by atoms with van der Waals surface area (Å²) in [6.07, 6.45) is 2.23. The number of hydrogen-bond acceptors (Lipinski definition) is 3. The van der Waals surface area contributed by atoms with E-state index < -0.39 is 0 Å². The van der Waals surface area contributed by atoms with E-state index in [9.17, 15) is 9.18 Å². The van der Waals surface area contributed by atoms with Gasteiger partial charge in [-0.15, -0.1) is 0 Å². The van der Waals surface area contributed by atoms with Gasteiger partial charge in [-0.3, -0.25) is 4.79 Å². The van der Waals surface area contributed by atoms with Crippen LogP contribution in [-0.4, -0.2) is 35.8 Å². The number of unbranched alkanes of at least 4 members (excludes halogenated alkanes) is 1. The molecule has 0 fully saturated rings. The number of halogens is 1. The van der Waals surface area contributed by atoms with Crippen LogP contribution in [0.25, 0.3) is 5.69 Å². The smallest absolute Gasteiger partial charge is 0.224 e. The van der Waals surface area contributed by atoms with E-state index in [4.69, 9.17) is 0 Å². The van der Waals surface area contributed by atoms with Gasteiger partial charge in [-0.2, -0.15) is 5.10 Å². The van der Waals surface area contributed by atoms with E-state index in [-0.39, 0.29) is 11.7 Å². The van der Waals surface area contributed by atoms with Crippen molar-refractivity contribution in [1.82, 2.24) is 15.1 Å². The van der Waals surface area contributed by atoms with Gasteiger partial charge in [0.1, 0.15) is 5.82 Å². The first-order chi connectivity index (χ1) is 14.5. The van der Waals surface area contributed by atoms with Gasteiger partial charge >= 0.3 is 0 Å². The first-order valence-electron chi connectivity index (χ1n) is 10.3. The molecule has 1 aromatic heterocycles. The first-order valence-corrected chi connectivity index (χ1v) is 10.3. The number of hydrogen-bond donors (Lipinski definition) is 1. The molecule has 0 atom stereocenters. The van der Waals surface area contributed by atoms with Gasteiger partial charge < -0.3 is 10.2 Å². The SMILES string of the molecule is Cc1nn(-c2ccc(F)cc2)c(C)c1CC(=O)NCCCCN(C)c1ccccc1. The molecule has 0 saturated carbocycles. The summed E-state index contributed by atoms with van der Waals surface area (Å²) in [7, 11) is 2.08. The zero-order valence-corrected chi connectivity index (χ0v) is 17.9. The molecule has 3 aromatic rings. The van der Waals surface area contributed by atoms with Crippen LogP contribution in [0, 0.1) is 19.7 Å². The topological polar surface area (TPSA) is 50.2 Å². The van der Waals surface area contributed by atoms with E-state index in [0.717, 1.165) is 42.0 Å². The largest absolute Gasteiger partial charge is 0.375 e. The summed E-state index contributed by atoms with van der Waals surface area (Å²) < 4.78 is 14.9. The third kappa shape index (κ3) is 5.47. The maximum Gasteiger partial charge on any atom is 0.224 e. The van der Waals surface area contributed by atoms with Crippen LogP contribution >= 0.6 is 0 Å². The van der Waals surface area contributed by atoms with Crippen molar-refractivity contribution < 1.29 is 9.18 Å². The molecule has 158 valence electrons. The first kappa shape index (κ1) is 21.6. The lowest BCUT2D eigenvalue weighted by atomic mass is 10.1.